The van der Waals surface area contributed by atoms with Crippen LogP contribution in [0.15, 0.2) is 61.4 Å². The van der Waals surface area contributed by atoms with Gasteiger partial charge in [0.2, 0.25) is 5.91 Å². The van der Waals surface area contributed by atoms with Gasteiger partial charge < -0.3 is 0 Å². The van der Waals surface area contributed by atoms with Crippen molar-refractivity contribution in [1.29, 1.82) is 0 Å². The Hall–Kier alpha value is -3.02. The van der Waals surface area contributed by atoms with Gasteiger partial charge in [0.15, 0.2) is 0 Å². The number of amides is 1. The van der Waals surface area contributed by atoms with Crippen LogP contribution in [0.3, 0.4) is 0 Å². The lowest BCUT2D eigenvalue weighted by Crippen LogP contribution is -2.20. The van der Waals surface area contributed by atoms with Gasteiger partial charge in [-0.2, -0.15) is 0 Å². The molecule has 0 unspecified atom stereocenters. The Kier molecular flexibility index (Phi) is 10.4. The first-order valence-corrected chi connectivity index (χ1v) is 12.0. The lowest BCUT2D eigenvalue weighted by molar-refractivity contribution is -0.117. The Morgan fingerprint density at radius 1 is 0.781 bits per heavy atom. The highest BCUT2D eigenvalue weighted by molar-refractivity contribution is 5.83. The number of hydrogen-bond acceptors (Lipinski definition) is 4. The van der Waals surface area contributed by atoms with Crippen LogP contribution in [0.1, 0.15) is 76.2 Å². The van der Waals surface area contributed by atoms with E-state index in [1.165, 1.54) is 56.9 Å². The van der Waals surface area contributed by atoms with Crippen LogP contribution < -0.4 is 5.43 Å². The van der Waals surface area contributed by atoms with Gasteiger partial charge in [0.25, 0.3) is 0 Å². The first kappa shape index (κ1) is 23.6. The number of aryl methyl sites for hydroxylation is 1. The van der Waals surface area contributed by atoms with E-state index in [9.17, 15) is 4.79 Å². The molecule has 0 spiro atoms. The van der Waals surface area contributed by atoms with E-state index >= 15 is 0 Å². The highest BCUT2D eigenvalue weighted by Gasteiger charge is 2.03. The SMILES string of the molecule is O=C(CCCCCCCCCCCCc1ccnc(-c2ccccn2)c1)Nn1ccnc1. The van der Waals surface area contributed by atoms with Crippen LogP contribution in [0.4, 0.5) is 0 Å². The van der Waals surface area contributed by atoms with Crippen LogP contribution in [0.25, 0.3) is 11.4 Å². The average Bonchev–Trinajstić information content (AvgIpc) is 3.33. The molecule has 6 nitrogen and oxygen atoms in total. The van der Waals surface area contributed by atoms with Gasteiger partial charge in [-0.3, -0.25) is 20.2 Å². The number of imidazole rings is 1. The number of unbranched alkanes of at least 4 members (excludes halogenated alkanes) is 9. The van der Waals surface area contributed by atoms with Crippen molar-refractivity contribution < 1.29 is 4.79 Å². The number of aromatic nitrogens is 4. The first-order chi connectivity index (χ1) is 15.8. The van der Waals surface area contributed by atoms with Crippen LogP contribution in [-0.4, -0.2) is 25.5 Å². The van der Waals surface area contributed by atoms with Crippen LogP contribution in [0.2, 0.25) is 0 Å². The Bertz CT molecular complexity index is 896. The van der Waals surface area contributed by atoms with Gasteiger partial charge in [0.1, 0.15) is 6.33 Å². The summed E-state index contributed by atoms with van der Waals surface area (Å²) in [6, 6.07) is 10.2. The van der Waals surface area contributed by atoms with Gasteiger partial charge in [-0.05, 0) is 49.1 Å². The van der Waals surface area contributed by atoms with E-state index in [1.807, 2.05) is 30.6 Å². The van der Waals surface area contributed by atoms with Gasteiger partial charge in [0.05, 0.1) is 11.4 Å². The summed E-state index contributed by atoms with van der Waals surface area (Å²) in [6.07, 6.45) is 22.7. The van der Waals surface area contributed by atoms with Crippen molar-refractivity contribution in [1.82, 2.24) is 19.6 Å². The third-order valence-corrected chi connectivity index (χ3v) is 5.63. The largest absolute Gasteiger partial charge is 0.273 e. The van der Waals surface area contributed by atoms with E-state index in [2.05, 4.69) is 32.5 Å². The van der Waals surface area contributed by atoms with Crippen molar-refractivity contribution >= 4 is 5.91 Å². The molecule has 1 N–H and O–H groups in total. The molecule has 3 rings (SSSR count). The minimum Gasteiger partial charge on any atom is -0.273 e. The number of nitrogens with one attached hydrogen (secondary N) is 1. The Morgan fingerprint density at radius 2 is 1.50 bits per heavy atom. The molecule has 170 valence electrons. The zero-order chi connectivity index (χ0) is 22.3. The highest BCUT2D eigenvalue weighted by Crippen LogP contribution is 2.17. The molecule has 6 heteroatoms. The number of pyridine rings is 2. The van der Waals surface area contributed by atoms with Crippen LogP contribution in [-0.2, 0) is 11.2 Å². The Morgan fingerprint density at radius 3 is 2.19 bits per heavy atom. The lowest BCUT2D eigenvalue weighted by atomic mass is 10.0. The van der Waals surface area contributed by atoms with E-state index in [4.69, 9.17) is 0 Å². The summed E-state index contributed by atoms with van der Waals surface area (Å²) in [6.45, 7) is 0. The van der Waals surface area contributed by atoms with Gasteiger partial charge >= 0.3 is 0 Å². The van der Waals surface area contributed by atoms with Crippen molar-refractivity contribution in [2.45, 2.75) is 77.0 Å². The van der Waals surface area contributed by atoms with Gasteiger partial charge in [0, 0.05) is 31.2 Å². The van der Waals surface area contributed by atoms with Gasteiger partial charge in [-0.15, -0.1) is 0 Å². The minimum atomic E-state index is 0.0581. The number of carbonyl (C=O) groups is 1. The molecular formula is C26H35N5O. The first-order valence-electron chi connectivity index (χ1n) is 12.0. The second-order valence-corrected chi connectivity index (χ2v) is 8.30. The molecule has 0 bridgehead atoms. The molecule has 0 aliphatic rings. The maximum Gasteiger partial charge on any atom is 0.238 e. The standard InChI is InChI=1S/C26H35N5O/c32-26(30-31-20-19-27-22-31)15-10-8-6-4-2-1-3-5-7-9-13-23-16-18-29-25(21-23)24-14-11-12-17-28-24/h11-12,14,16-22H,1-10,13,15H2,(H,30,32). The van der Waals surface area contributed by atoms with Crippen LogP contribution in [0, 0.1) is 0 Å². The molecule has 32 heavy (non-hydrogen) atoms. The van der Waals surface area contributed by atoms with Gasteiger partial charge in [-0.1, -0.05) is 57.4 Å². The smallest absolute Gasteiger partial charge is 0.238 e. The van der Waals surface area contributed by atoms with Crippen LogP contribution >= 0.6 is 0 Å². The summed E-state index contributed by atoms with van der Waals surface area (Å²) in [7, 11) is 0. The molecule has 0 fully saturated rings. The number of rotatable bonds is 15. The maximum atomic E-state index is 11.8. The zero-order valence-electron chi connectivity index (χ0n) is 19.0. The van der Waals surface area contributed by atoms with E-state index in [0.29, 0.717) is 6.42 Å². The van der Waals surface area contributed by atoms with Crippen molar-refractivity contribution in [2.75, 3.05) is 5.43 Å². The van der Waals surface area contributed by atoms with E-state index < -0.39 is 0 Å². The summed E-state index contributed by atoms with van der Waals surface area (Å²) >= 11 is 0. The molecule has 3 heterocycles. The summed E-state index contributed by atoms with van der Waals surface area (Å²) in [5.41, 5.74) is 6.03. The van der Waals surface area contributed by atoms with E-state index in [-0.39, 0.29) is 5.91 Å². The Labute approximate surface area is 191 Å². The molecular weight excluding hydrogens is 398 g/mol. The maximum absolute atomic E-state index is 11.8. The third-order valence-electron chi connectivity index (χ3n) is 5.63. The zero-order valence-corrected chi connectivity index (χ0v) is 19.0. The molecule has 0 aliphatic heterocycles. The highest BCUT2D eigenvalue weighted by atomic mass is 16.2. The molecule has 0 saturated carbocycles. The summed E-state index contributed by atoms with van der Waals surface area (Å²) in [5, 5.41) is 0. The number of hydrogen-bond donors (Lipinski definition) is 1. The summed E-state index contributed by atoms with van der Waals surface area (Å²) in [4.78, 5) is 24.5. The molecule has 0 aliphatic carbocycles. The second-order valence-electron chi connectivity index (χ2n) is 8.30. The van der Waals surface area contributed by atoms with E-state index in [1.54, 1.807) is 23.4 Å². The van der Waals surface area contributed by atoms with Crippen molar-refractivity contribution in [3.8, 4) is 11.4 Å². The van der Waals surface area contributed by atoms with E-state index in [0.717, 1.165) is 30.7 Å². The van der Waals surface area contributed by atoms with Crippen LogP contribution in [0.5, 0.6) is 0 Å². The predicted molar refractivity (Wildman–Crippen MR) is 129 cm³/mol. The fourth-order valence-electron chi connectivity index (χ4n) is 3.84. The third kappa shape index (κ3) is 9.00. The number of carbonyl (C=O) groups excluding carboxylic acids is 1. The minimum absolute atomic E-state index is 0.0581. The summed E-state index contributed by atoms with van der Waals surface area (Å²) < 4.78 is 1.60. The molecule has 0 aromatic carbocycles. The van der Waals surface area contributed by atoms with Crippen molar-refractivity contribution in [2.24, 2.45) is 0 Å². The fraction of sp³-hybridized carbons (Fsp3) is 0.462. The van der Waals surface area contributed by atoms with Gasteiger partial charge in [-0.25, -0.2) is 9.66 Å². The number of nitrogens with zero attached hydrogens (tertiary/aromatic N) is 4. The molecule has 0 radical (unpaired) electrons. The predicted octanol–water partition coefficient (Wildman–Crippen LogP) is 5.94. The Balaban J connectivity index is 1.14. The molecule has 0 saturated heterocycles. The molecule has 1 amide bonds. The quantitative estimate of drug-likeness (QED) is 0.301. The monoisotopic (exact) mass is 433 g/mol. The molecule has 0 atom stereocenters. The van der Waals surface area contributed by atoms with Crippen molar-refractivity contribution in [3.05, 3.63) is 67.0 Å². The van der Waals surface area contributed by atoms with Crippen molar-refractivity contribution in [3.63, 3.8) is 0 Å². The normalized spacial score (nSPS) is 10.9. The topological polar surface area (TPSA) is 72.7 Å². The average molecular weight is 434 g/mol. The summed E-state index contributed by atoms with van der Waals surface area (Å²) in [5.74, 6) is 0.0581. The fourth-order valence-corrected chi connectivity index (χ4v) is 3.84. The molecule has 3 aromatic rings. The second kappa shape index (κ2) is 14.1. The molecule has 3 aromatic heterocycles. The lowest BCUT2D eigenvalue weighted by Gasteiger charge is -2.06.